The summed E-state index contributed by atoms with van der Waals surface area (Å²) in [6.45, 7) is 3.89. The number of hydrogen-bond acceptors (Lipinski definition) is 3. The molecular formula is C14H14ClN3O. The largest absolute Gasteiger partial charge is 0.304 e. The molecule has 1 aromatic carbocycles. The van der Waals surface area contributed by atoms with Crippen molar-refractivity contribution in [3.05, 3.63) is 53.6 Å². The molecule has 0 radical (unpaired) electrons. The zero-order valence-corrected chi connectivity index (χ0v) is 11.5. The molecule has 0 spiro atoms. The third kappa shape index (κ3) is 3.09. The molecule has 0 N–H and O–H groups in total. The van der Waals surface area contributed by atoms with Gasteiger partial charge in [-0.3, -0.25) is 9.78 Å². The number of halogens is 1. The molecule has 0 fully saturated rings. The Balaban J connectivity index is 2.36. The Morgan fingerprint density at radius 1 is 1.21 bits per heavy atom. The lowest BCUT2D eigenvalue weighted by Gasteiger charge is -2.26. The maximum absolute atomic E-state index is 12.5. The second kappa shape index (κ2) is 5.80. The zero-order valence-electron chi connectivity index (χ0n) is 10.7. The summed E-state index contributed by atoms with van der Waals surface area (Å²) >= 11 is 5.87. The molecule has 5 heteroatoms. The molecule has 0 aliphatic carbocycles. The van der Waals surface area contributed by atoms with Crippen molar-refractivity contribution in [1.82, 2.24) is 9.97 Å². The van der Waals surface area contributed by atoms with E-state index >= 15 is 0 Å². The Morgan fingerprint density at radius 3 is 2.42 bits per heavy atom. The van der Waals surface area contributed by atoms with Crippen molar-refractivity contribution in [3.63, 3.8) is 0 Å². The van der Waals surface area contributed by atoms with E-state index in [1.165, 1.54) is 12.4 Å². The highest BCUT2D eigenvalue weighted by molar-refractivity contribution is 6.30. The van der Waals surface area contributed by atoms with Crippen molar-refractivity contribution in [3.8, 4) is 0 Å². The number of aromatic nitrogens is 2. The van der Waals surface area contributed by atoms with Crippen LogP contribution in [0.5, 0.6) is 0 Å². The quantitative estimate of drug-likeness (QED) is 0.864. The van der Waals surface area contributed by atoms with E-state index < -0.39 is 0 Å². The lowest BCUT2D eigenvalue weighted by atomic mass is 10.2. The Morgan fingerprint density at radius 2 is 1.89 bits per heavy atom. The molecule has 1 amide bonds. The van der Waals surface area contributed by atoms with Crippen molar-refractivity contribution in [1.29, 1.82) is 0 Å². The maximum atomic E-state index is 12.5. The van der Waals surface area contributed by atoms with E-state index in [0.29, 0.717) is 10.7 Å². The fourth-order valence-electron chi connectivity index (χ4n) is 1.78. The van der Waals surface area contributed by atoms with Gasteiger partial charge in [0.05, 0.1) is 6.20 Å². The van der Waals surface area contributed by atoms with Crippen LogP contribution in [0.4, 0.5) is 5.69 Å². The summed E-state index contributed by atoms with van der Waals surface area (Å²) in [5, 5.41) is 0.638. The van der Waals surface area contributed by atoms with Crippen LogP contribution in [0.2, 0.25) is 5.02 Å². The Bertz CT molecular complexity index is 555. The van der Waals surface area contributed by atoms with Crippen LogP contribution in [0.1, 0.15) is 24.3 Å². The summed E-state index contributed by atoms with van der Waals surface area (Å²) in [5.74, 6) is -0.176. The van der Waals surface area contributed by atoms with Gasteiger partial charge in [0.15, 0.2) is 0 Å². The molecule has 98 valence electrons. The lowest BCUT2D eigenvalue weighted by Crippen LogP contribution is -2.37. The molecule has 0 saturated heterocycles. The molecular weight excluding hydrogens is 262 g/mol. The average Bonchev–Trinajstić information content (AvgIpc) is 2.42. The highest BCUT2D eigenvalue weighted by atomic mass is 35.5. The second-order valence-electron chi connectivity index (χ2n) is 4.34. The summed E-state index contributed by atoms with van der Waals surface area (Å²) in [4.78, 5) is 22.1. The van der Waals surface area contributed by atoms with Gasteiger partial charge in [-0.1, -0.05) is 11.6 Å². The van der Waals surface area contributed by atoms with Gasteiger partial charge in [0, 0.05) is 29.1 Å². The third-order valence-corrected chi connectivity index (χ3v) is 2.87. The summed E-state index contributed by atoms with van der Waals surface area (Å²) in [6.07, 6.45) is 4.51. The summed E-state index contributed by atoms with van der Waals surface area (Å²) in [5.41, 5.74) is 1.11. The fourth-order valence-corrected chi connectivity index (χ4v) is 1.91. The number of rotatable bonds is 3. The predicted molar refractivity (Wildman–Crippen MR) is 75.4 cm³/mol. The van der Waals surface area contributed by atoms with Crippen LogP contribution in [-0.4, -0.2) is 21.9 Å². The van der Waals surface area contributed by atoms with Crippen LogP contribution < -0.4 is 4.90 Å². The van der Waals surface area contributed by atoms with Gasteiger partial charge < -0.3 is 4.90 Å². The smallest absolute Gasteiger partial charge is 0.278 e. The van der Waals surface area contributed by atoms with E-state index in [-0.39, 0.29) is 11.9 Å². The minimum absolute atomic E-state index is 0.00989. The standard InChI is InChI=1S/C14H14ClN3O/c1-10(2)18(12-5-3-11(15)4-6-12)14(19)13-9-16-7-8-17-13/h3-10H,1-2H3. The van der Waals surface area contributed by atoms with Crippen LogP contribution in [0.3, 0.4) is 0 Å². The molecule has 2 aromatic rings. The van der Waals surface area contributed by atoms with E-state index in [1.807, 2.05) is 26.0 Å². The highest BCUT2D eigenvalue weighted by Crippen LogP contribution is 2.21. The van der Waals surface area contributed by atoms with E-state index in [4.69, 9.17) is 11.6 Å². The first-order valence-electron chi connectivity index (χ1n) is 5.94. The Labute approximate surface area is 117 Å². The van der Waals surface area contributed by atoms with Crippen molar-refractivity contribution in [2.75, 3.05) is 4.90 Å². The van der Waals surface area contributed by atoms with Gasteiger partial charge in [-0.2, -0.15) is 0 Å². The molecule has 4 nitrogen and oxygen atoms in total. The van der Waals surface area contributed by atoms with Crippen LogP contribution in [0.25, 0.3) is 0 Å². The molecule has 0 aliphatic heterocycles. The Kier molecular flexibility index (Phi) is 4.12. The predicted octanol–water partition coefficient (Wildman–Crippen LogP) is 3.19. The van der Waals surface area contributed by atoms with E-state index in [9.17, 15) is 4.79 Å². The topological polar surface area (TPSA) is 46.1 Å². The summed E-state index contributed by atoms with van der Waals surface area (Å²) in [7, 11) is 0. The lowest BCUT2D eigenvalue weighted by molar-refractivity contribution is 0.0975. The number of anilines is 1. The van der Waals surface area contributed by atoms with Gasteiger partial charge in [0.2, 0.25) is 0 Å². The van der Waals surface area contributed by atoms with Gasteiger partial charge in [-0.25, -0.2) is 4.98 Å². The van der Waals surface area contributed by atoms with Crippen molar-refractivity contribution >= 4 is 23.2 Å². The van der Waals surface area contributed by atoms with Gasteiger partial charge in [0.25, 0.3) is 5.91 Å². The number of amides is 1. The number of benzene rings is 1. The fraction of sp³-hybridized carbons (Fsp3) is 0.214. The van der Waals surface area contributed by atoms with Gasteiger partial charge in [-0.15, -0.1) is 0 Å². The highest BCUT2D eigenvalue weighted by Gasteiger charge is 2.21. The minimum atomic E-state index is -0.176. The second-order valence-corrected chi connectivity index (χ2v) is 4.77. The average molecular weight is 276 g/mol. The normalized spacial score (nSPS) is 10.5. The number of hydrogen-bond donors (Lipinski definition) is 0. The summed E-state index contributed by atoms with van der Waals surface area (Å²) < 4.78 is 0. The van der Waals surface area contributed by atoms with Gasteiger partial charge >= 0.3 is 0 Å². The van der Waals surface area contributed by atoms with Crippen LogP contribution >= 0.6 is 11.6 Å². The minimum Gasteiger partial charge on any atom is -0.304 e. The monoisotopic (exact) mass is 275 g/mol. The van der Waals surface area contributed by atoms with Gasteiger partial charge in [-0.05, 0) is 38.1 Å². The van der Waals surface area contributed by atoms with Crippen LogP contribution in [-0.2, 0) is 0 Å². The first-order valence-corrected chi connectivity index (χ1v) is 6.32. The molecule has 0 bridgehead atoms. The number of carbonyl (C=O) groups excluding carboxylic acids is 1. The van der Waals surface area contributed by atoms with Gasteiger partial charge in [0.1, 0.15) is 5.69 Å². The SMILES string of the molecule is CC(C)N(C(=O)c1cnccn1)c1ccc(Cl)cc1. The zero-order chi connectivity index (χ0) is 13.8. The number of nitrogens with zero attached hydrogens (tertiary/aromatic N) is 3. The van der Waals surface area contributed by atoms with Crippen LogP contribution in [0.15, 0.2) is 42.9 Å². The van der Waals surface area contributed by atoms with Crippen molar-refractivity contribution < 1.29 is 4.79 Å². The van der Waals surface area contributed by atoms with E-state index in [1.54, 1.807) is 23.2 Å². The van der Waals surface area contributed by atoms with Crippen LogP contribution in [0, 0.1) is 0 Å². The molecule has 0 unspecified atom stereocenters. The molecule has 1 aromatic heterocycles. The molecule has 0 atom stereocenters. The first kappa shape index (κ1) is 13.5. The van der Waals surface area contributed by atoms with Crippen molar-refractivity contribution in [2.24, 2.45) is 0 Å². The molecule has 19 heavy (non-hydrogen) atoms. The Hall–Kier alpha value is -1.94. The molecule has 2 rings (SSSR count). The molecule has 1 heterocycles. The van der Waals surface area contributed by atoms with Crippen molar-refractivity contribution in [2.45, 2.75) is 19.9 Å². The third-order valence-electron chi connectivity index (χ3n) is 2.62. The maximum Gasteiger partial charge on any atom is 0.278 e. The summed E-state index contributed by atoms with van der Waals surface area (Å²) in [6, 6.07) is 7.16. The molecule has 0 aliphatic rings. The van der Waals surface area contributed by atoms with E-state index in [0.717, 1.165) is 5.69 Å². The number of carbonyl (C=O) groups is 1. The molecule has 0 saturated carbocycles. The van der Waals surface area contributed by atoms with E-state index in [2.05, 4.69) is 9.97 Å². The first-order chi connectivity index (χ1) is 9.09.